The van der Waals surface area contributed by atoms with Gasteiger partial charge >= 0.3 is 0 Å². The van der Waals surface area contributed by atoms with Gasteiger partial charge in [-0.3, -0.25) is 0 Å². The van der Waals surface area contributed by atoms with E-state index in [2.05, 4.69) is 103 Å². The Hall–Kier alpha value is -3.56. The third kappa shape index (κ3) is 8.58. The smallest absolute Gasteiger partial charge is 0.0242 e. The lowest BCUT2D eigenvalue weighted by Crippen LogP contribution is -2.23. The summed E-state index contributed by atoms with van der Waals surface area (Å²) in [5.41, 5.74) is 9.44. The van der Waals surface area contributed by atoms with Crippen LogP contribution in [0.4, 0.5) is 0 Å². The summed E-state index contributed by atoms with van der Waals surface area (Å²) in [6, 6.07) is 29.2. The second-order valence-corrected chi connectivity index (χ2v) is 14.3. The van der Waals surface area contributed by atoms with Crippen LogP contribution in [-0.2, 0) is 12.8 Å². The molecule has 3 aliphatic rings. The number of benzene rings is 3. The van der Waals surface area contributed by atoms with Crippen LogP contribution in [0.3, 0.4) is 0 Å². The molecule has 2 fully saturated rings. The second kappa shape index (κ2) is 15.6. The highest BCUT2D eigenvalue weighted by molar-refractivity contribution is 5.77. The third-order valence-electron chi connectivity index (χ3n) is 11.2. The van der Waals surface area contributed by atoms with Crippen molar-refractivity contribution in [3.8, 4) is 12.3 Å². The van der Waals surface area contributed by atoms with Gasteiger partial charge in [0.25, 0.3) is 0 Å². The first-order valence-corrected chi connectivity index (χ1v) is 17.9. The van der Waals surface area contributed by atoms with E-state index in [1.807, 2.05) is 0 Å². The number of terminal acetylenes is 1. The van der Waals surface area contributed by atoms with Gasteiger partial charge in [-0.25, -0.2) is 0 Å². The van der Waals surface area contributed by atoms with Crippen LogP contribution in [0.5, 0.6) is 0 Å². The number of rotatable bonds is 12. The SMILES string of the molecule is C#Cc1ccc(CC2CCC(C(C(=C)CCc3ccccc3)c3ccc(C4=CC(CCC5CCCCC5)C=C4)cc3)CC2)cc1. The van der Waals surface area contributed by atoms with Gasteiger partial charge in [0.05, 0.1) is 0 Å². The number of hydrogen-bond donors (Lipinski definition) is 0. The standard InChI is InChI=1S/C45H52/c1-3-35-16-19-38(20-17-35)32-39-22-25-42(26-23-39)45(34(2)14-15-36-10-6-4-7-11-36)43-30-28-41(29-31-43)44-27-24-40(33-44)21-18-37-12-8-5-9-13-37/h1,4,6-7,10-11,16-17,19-20,24,27-31,33,37,39-40,42,45H,2,5,8-9,12-15,18,21-23,25-26,32H2. The molecule has 0 amide bonds. The number of allylic oxidation sites excluding steroid dienone is 5. The maximum Gasteiger partial charge on any atom is 0.0242 e. The minimum absolute atomic E-state index is 0.426. The first-order valence-electron chi connectivity index (χ1n) is 17.9. The third-order valence-corrected chi connectivity index (χ3v) is 11.2. The quantitative estimate of drug-likeness (QED) is 0.145. The molecular weight excluding hydrogens is 540 g/mol. The predicted molar refractivity (Wildman–Crippen MR) is 193 cm³/mol. The molecule has 0 heteroatoms. The van der Waals surface area contributed by atoms with E-state index in [9.17, 15) is 0 Å². The summed E-state index contributed by atoms with van der Waals surface area (Å²) in [6.07, 6.45) is 31.3. The Labute approximate surface area is 273 Å². The fourth-order valence-electron chi connectivity index (χ4n) is 8.47. The van der Waals surface area contributed by atoms with Crippen molar-refractivity contribution in [2.24, 2.45) is 23.7 Å². The normalized spacial score (nSPS) is 22.5. The summed E-state index contributed by atoms with van der Waals surface area (Å²) in [5, 5.41) is 0. The largest absolute Gasteiger partial charge is 0.115 e. The molecule has 2 saturated carbocycles. The minimum Gasteiger partial charge on any atom is -0.115 e. The highest BCUT2D eigenvalue weighted by Gasteiger charge is 2.30. The zero-order valence-corrected chi connectivity index (χ0v) is 27.3. The molecule has 3 aromatic rings. The van der Waals surface area contributed by atoms with Crippen LogP contribution in [-0.4, -0.2) is 0 Å². The molecule has 2 atom stereocenters. The maximum absolute atomic E-state index is 5.57. The van der Waals surface area contributed by atoms with Crippen molar-refractivity contribution in [1.29, 1.82) is 0 Å². The lowest BCUT2D eigenvalue weighted by Gasteiger charge is -2.35. The Balaban J connectivity index is 1.11. The van der Waals surface area contributed by atoms with Crippen LogP contribution in [0, 0.1) is 36.0 Å². The average molecular weight is 593 g/mol. The molecule has 3 aliphatic carbocycles. The Morgan fingerprint density at radius 1 is 0.756 bits per heavy atom. The molecule has 0 nitrogen and oxygen atoms in total. The molecule has 45 heavy (non-hydrogen) atoms. The van der Waals surface area contributed by atoms with Crippen LogP contribution in [0.1, 0.15) is 111 Å². The van der Waals surface area contributed by atoms with Crippen molar-refractivity contribution in [3.63, 3.8) is 0 Å². The molecule has 0 aromatic heterocycles. The fourth-order valence-corrected chi connectivity index (χ4v) is 8.47. The summed E-state index contributed by atoms with van der Waals surface area (Å²) in [7, 11) is 0. The van der Waals surface area contributed by atoms with Gasteiger partial charge in [-0.2, -0.15) is 0 Å². The number of aryl methyl sites for hydroxylation is 1. The molecule has 0 N–H and O–H groups in total. The topological polar surface area (TPSA) is 0 Å². The Morgan fingerprint density at radius 3 is 2.20 bits per heavy atom. The van der Waals surface area contributed by atoms with E-state index < -0.39 is 0 Å². The highest BCUT2D eigenvalue weighted by Crippen LogP contribution is 2.44. The first-order chi connectivity index (χ1) is 22.1. The second-order valence-electron chi connectivity index (χ2n) is 14.3. The summed E-state index contributed by atoms with van der Waals surface area (Å²) < 4.78 is 0. The van der Waals surface area contributed by atoms with Gasteiger partial charge in [0.2, 0.25) is 0 Å². The van der Waals surface area contributed by atoms with E-state index in [0.717, 1.165) is 36.7 Å². The van der Waals surface area contributed by atoms with Crippen molar-refractivity contribution in [2.75, 3.05) is 0 Å². The van der Waals surface area contributed by atoms with Gasteiger partial charge in [-0.05, 0) is 121 Å². The highest BCUT2D eigenvalue weighted by atomic mass is 14.3. The van der Waals surface area contributed by atoms with Crippen LogP contribution in [0.2, 0.25) is 0 Å². The van der Waals surface area contributed by atoms with E-state index in [1.54, 1.807) is 0 Å². The van der Waals surface area contributed by atoms with Gasteiger partial charge in [-0.15, -0.1) is 6.42 Å². The Kier molecular flexibility index (Phi) is 10.9. The zero-order valence-electron chi connectivity index (χ0n) is 27.3. The predicted octanol–water partition coefficient (Wildman–Crippen LogP) is 11.9. The van der Waals surface area contributed by atoms with Crippen molar-refractivity contribution < 1.29 is 0 Å². The van der Waals surface area contributed by atoms with Gasteiger partial charge < -0.3 is 0 Å². The van der Waals surface area contributed by atoms with Gasteiger partial charge in [0, 0.05) is 11.5 Å². The van der Waals surface area contributed by atoms with E-state index >= 15 is 0 Å². The lowest BCUT2D eigenvalue weighted by atomic mass is 9.69. The lowest BCUT2D eigenvalue weighted by molar-refractivity contribution is 0.252. The first kappa shape index (κ1) is 31.4. The summed E-state index contributed by atoms with van der Waals surface area (Å²) >= 11 is 0. The molecule has 0 heterocycles. The van der Waals surface area contributed by atoms with Gasteiger partial charge in [-0.1, -0.05) is 135 Å². The molecule has 0 bridgehead atoms. The van der Waals surface area contributed by atoms with E-state index in [4.69, 9.17) is 13.0 Å². The maximum atomic E-state index is 5.57. The van der Waals surface area contributed by atoms with E-state index in [1.165, 1.54) is 104 Å². The van der Waals surface area contributed by atoms with Crippen molar-refractivity contribution >= 4 is 5.57 Å². The summed E-state index contributed by atoms with van der Waals surface area (Å²) in [4.78, 5) is 0. The zero-order chi connectivity index (χ0) is 30.8. The van der Waals surface area contributed by atoms with Crippen LogP contribution in [0.25, 0.3) is 5.57 Å². The van der Waals surface area contributed by atoms with Gasteiger partial charge in [0.1, 0.15) is 0 Å². The molecule has 3 aromatic carbocycles. The molecule has 0 aliphatic heterocycles. The summed E-state index contributed by atoms with van der Waals surface area (Å²) in [5.74, 6) is 6.16. The van der Waals surface area contributed by atoms with Crippen molar-refractivity contribution in [1.82, 2.24) is 0 Å². The van der Waals surface area contributed by atoms with Crippen LogP contribution >= 0.6 is 0 Å². The Morgan fingerprint density at radius 2 is 1.49 bits per heavy atom. The molecule has 0 radical (unpaired) electrons. The molecule has 6 rings (SSSR count). The number of hydrogen-bond acceptors (Lipinski definition) is 0. The monoisotopic (exact) mass is 592 g/mol. The summed E-state index contributed by atoms with van der Waals surface area (Å²) in [6.45, 7) is 4.75. The molecule has 0 saturated heterocycles. The molecule has 0 spiro atoms. The van der Waals surface area contributed by atoms with Crippen LogP contribution < -0.4 is 0 Å². The Bertz CT molecular complexity index is 1460. The molecule has 232 valence electrons. The molecule has 2 unspecified atom stereocenters. The van der Waals surface area contributed by atoms with Crippen LogP contribution in [0.15, 0.2) is 109 Å². The minimum atomic E-state index is 0.426. The van der Waals surface area contributed by atoms with Crippen molar-refractivity contribution in [3.05, 3.63) is 137 Å². The fraction of sp³-hybridized carbons (Fsp3) is 0.422. The van der Waals surface area contributed by atoms with E-state index in [0.29, 0.717) is 17.8 Å². The average Bonchev–Trinajstić information content (AvgIpc) is 3.58. The van der Waals surface area contributed by atoms with E-state index in [-0.39, 0.29) is 0 Å². The van der Waals surface area contributed by atoms with Gasteiger partial charge in [0.15, 0.2) is 0 Å². The molecular formula is C45H52. The van der Waals surface area contributed by atoms with Crippen molar-refractivity contribution in [2.45, 2.75) is 95.8 Å².